The average Bonchev–Trinajstić information content (AvgIpc) is 2.14. The Labute approximate surface area is 88.7 Å². The molecular weight excluding hydrogens is 192 g/mol. The van der Waals surface area contributed by atoms with E-state index in [9.17, 15) is 4.79 Å². The van der Waals surface area contributed by atoms with Crippen molar-refractivity contribution in [2.45, 2.75) is 26.4 Å². The maximum absolute atomic E-state index is 11.2. The van der Waals surface area contributed by atoms with Crippen LogP contribution in [0, 0.1) is 11.8 Å². The van der Waals surface area contributed by atoms with Crippen molar-refractivity contribution in [1.82, 2.24) is 9.97 Å². The normalized spacial score (nSPS) is 10.1. The van der Waals surface area contributed by atoms with Crippen LogP contribution >= 0.6 is 0 Å². The van der Waals surface area contributed by atoms with Crippen molar-refractivity contribution in [3.63, 3.8) is 0 Å². The van der Waals surface area contributed by atoms with E-state index in [0.29, 0.717) is 5.69 Å². The molecule has 0 atom stereocenters. The average molecular weight is 204 g/mol. The molecule has 0 amide bonds. The van der Waals surface area contributed by atoms with Crippen LogP contribution in [0.15, 0.2) is 18.6 Å². The number of hydrogen-bond donors (Lipinski definition) is 0. The van der Waals surface area contributed by atoms with Crippen molar-refractivity contribution in [3.8, 4) is 11.8 Å². The maximum atomic E-state index is 11.2. The molecule has 1 heterocycles. The lowest BCUT2D eigenvalue weighted by Gasteiger charge is -2.16. The molecular formula is C11H12N2O2. The van der Waals surface area contributed by atoms with Crippen molar-refractivity contribution in [1.29, 1.82) is 0 Å². The Morgan fingerprint density at radius 3 is 2.73 bits per heavy atom. The van der Waals surface area contributed by atoms with Crippen LogP contribution in [0.25, 0.3) is 0 Å². The first-order valence-electron chi connectivity index (χ1n) is 4.48. The summed E-state index contributed by atoms with van der Waals surface area (Å²) in [5, 5.41) is 0. The summed E-state index contributed by atoms with van der Waals surface area (Å²) in [5.74, 6) is 4.39. The zero-order chi connectivity index (χ0) is 11.3. The first-order chi connectivity index (χ1) is 6.97. The first-order valence-corrected chi connectivity index (χ1v) is 4.48. The number of esters is 1. The predicted molar refractivity (Wildman–Crippen MR) is 54.8 cm³/mol. The molecule has 0 spiro atoms. The highest BCUT2D eigenvalue weighted by Crippen LogP contribution is 2.06. The summed E-state index contributed by atoms with van der Waals surface area (Å²) in [6.07, 6.45) is 2.94. The molecule has 0 N–H and O–H groups in total. The molecule has 1 aromatic heterocycles. The van der Waals surface area contributed by atoms with E-state index in [1.807, 2.05) is 0 Å². The van der Waals surface area contributed by atoms with Gasteiger partial charge in [0.15, 0.2) is 0 Å². The third-order valence-corrected chi connectivity index (χ3v) is 1.27. The number of hydrogen-bond acceptors (Lipinski definition) is 4. The van der Waals surface area contributed by atoms with Gasteiger partial charge in [-0.3, -0.25) is 0 Å². The molecule has 0 fully saturated rings. The Bertz CT molecular complexity index is 396. The van der Waals surface area contributed by atoms with E-state index in [0.717, 1.165) is 0 Å². The lowest BCUT2D eigenvalue weighted by Crippen LogP contribution is -2.22. The molecule has 0 saturated heterocycles. The molecule has 1 rings (SSSR count). The van der Waals surface area contributed by atoms with Gasteiger partial charge in [-0.15, -0.1) is 0 Å². The minimum atomic E-state index is -0.555. The number of carbonyl (C=O) groups excluding carboxylic acids is 1. The first kappa shape index (κ1) is 11.2. The summed E-state index contributed by atoms with van der Waals surface area (Å²) in [7, 11) is 0. The summed E-state index contributed by atoms with van der Waals surface area (Å²) in [6.45, 7) is 5.37. The Hall–Kier alpha value is -1.89. The number of aromatic nitrogens is 2. The van der Waals surface area contributed by atoms with Crippen LogP contribution in [-0.4, -0.2) is 21.5 Å². The lowest BCUT2D eigenvalue weighted by atomic mass is 10.2. The molecule has 0 unspecified atom stereocenters. The Morgan fingerprint density at radius 2 is 2.20 bits per heavy atom. The SMILES string of the molecule is CC(C)(C)OC(=O)C#Cc1ccncn1. The molecule has 0 saturated carbocycles. The highest BCUT2D eigenvalue weighted by molar-refractivity contribution is 5.89. The Morgan fingerprint density at radius 1 is 1.47 bits per heavy atom. The smallest absolute Gasteiger partial charge is 0.385 e. The van der Waals surface area contributed by atoms with Gasteiger partial charge in [0.25, 0.3) is 0 Å². The van der Waals surface area contributed by atoms with Gasteiger partial charge in [-0.05, 0) is 32.8 Å². The molecule has 78 valence electrons. The van der Waals surface area contributed by atoms with Crippen molar-refractivity contribution < 1.29 is 9.53 Å². The Balaban J connectivity index is 2.64. The minimum Gasteiger partial charge on any atom is -0.450 e. The zero-order valence-corrected chi connectivity index (χ0v) is 8.94. The van der Waals surface area contributed by atoms with Crippen LogP contribution in [-0.2, 0) is 9.53 Å². The molecule has 15 heavy (non-hydrogen) atoms. The number of rotatable bonds is 0. The molecule has 1 aromatic rings. The standard InChI is InChI=1S/C11H12N2O2/c1-11(2,3)15-10(14)5-4-9-6-7-12-8-13-9/h6-8H,1-3H3. The fraction of sp³-hybridized carbons (Fsp3) is 0.364. The van der Waals surface area contributed by atoms with Gasteiger partial charge >= 0.3 is 5.97 Å². The molecule has 0 aliphatic heterocycles. The molecule has 0 bridgehead atoms. The van der Waals surface area contributed by atoms with Gasteiger partial charge < -0.3 is 4.74 Å². The zero-order valence-electron chi connectivity index (χ0n) is 8.94. The highest BCUT2D eigenvalue weighted by atomic mass is 16.6. The second-order valence-electron chi connectivity index (χ2n) is 3.85. The van der Waals surface area contributed by atoms with E-state index in [2.05, 4.69) is 21.8 Å². The van der Waals surface area contributed by atoms with Crippen LogP contribution in [0.3, 0.4) is 0 Å². The largest absolute Gasteiger partial charge is 0.450 e. The van der Waals surface area contributed by atoms with Gasteiger partial charge in [-0.1, -0.05) is 0 Å². The van der Waals surface area contributed by atoms with Crippen LogP contribution in [0.1, 0.15) is 26.5 Å². The van der Waals surface area contributed by atoms with Crippen molar-refractivity contribution in [2.75, 3.05) is 0 Å². The molecule has 4 nitrogen and oxygen atoms in total. The fourth-order valence-electron chi connectivity index (χ4n) is 0.783. The lowest BCUT2D eigenvalue weighted by molar-refractivity contribution is -0.147. The van der Waals surface area contributed by atoms with E-state index in [4.69, 9.17) is 4.74 Å². The van der Waals surface area contributed by atoms with Crippen molar-refractivity contribution in [3.05, 3.63) is 24.3 Å². The predicted octanol–water partition coefficient (Wildman–Crippen LogP) is 1.17. The summed E-state index contributed by atoms with van der Waals surface area (Å²) >= 11 is 0. The third-order valence-electron chi connectivity index (χ3n) is 1.27. The van der Waals surface area contributed by atoms with E-state index >= 15 is 0 Å². The van der Waals surface area contributed by atoms with Crippen LogP contribution in [0.5, 0.6) is 0 Å². The third kappa shape index (κ3) is 4.77. The van der Waals surface area contributed by atoms with E-state index < -0.39 is 11.6 Å². The van der Waals surface area contributed by atoms with E-state index in [1.165, 1.54) is 6.33 Å². The molecule has 4 heteroatoms. The topological polar surface area (TPSA) is 52.1 Å². The van der Waals surface area contributed by atoms with Gasteiger partial charge in [0.2, 0.25) is 0 Å². The second-order valence-corrected chi connectivity index (χ2v) is 3.85. The molecule has 0 aromatic carbocycles. The van der Waals surface area contributed by atoms with Gasteiger partial charge in [-0.2, -0.15) is 0 Å². The quantitative estimate of drug-likeness (QED) is 0.470. The summed E-state index contributed by atoms with van der Waals surface area (Å²) in [6, 6.07) is 1.62. The molecule has 0 aliphatic carbocycles. The number of ether oxygens (including phenoxy) is 1. The number of carbonyl (C=O) groups is 1. The van der Waals surface area contributed by atoms with Gasteiger partial charge in [0.1, 0.15) is 17.6 Å². The second kappa shape index (κ2) is 4.56. The monoisotopic (exact) mass is 204 g/mol. The molecule has 0 radical (unpaired) electrons. The van der Waals surface area contributed by atoms with E-state index in [1.54, 1.807) is 33.0 Å². The summed E-state index contributed by atoms with van der Waals surface area (Å²) in [4.78, 5) is 18.8. The summed E-state index contributed by atoms with van der Waals surface area (Å²) < 4.78 is 5.00. The van der Waals surface area contributed by atoms with E-state index in [-0.39, 0.29) is 0 Å². The van der Waals surface area contributed by atoms with Crippen LogP contribution < -0.4 is 0 Å². The molecule has 0 aliphatic rings. The van der Waals surface area contributed by atoms with Gasteiger partial charge in [0.05, 0.1) is 0 Å². The van der Waals surface area contributed by atoms with Crippen molar-refractivity contribution in [2.24, 2.45) is 0 Å². The fourth-order valence-corrected chi connectivity index (χ4v) is 0.783. The van der Waals surface area contributed by atoms with Crippen molar-refractivity contribution >= 4 is 5.97 Å². The highest BCUT2D eigenvalue weighted by Gasteiger charge is 2.14. The number of nitrogens with zero attached hydrogens (tertiary/aromatic N) is 2. The van der Waals surface area contributed by atoms with Gasteiger partial charge in [0, 0.05) is 12.1 Å². The summed E-state index contributed by atoms with van der Waals surface area (Å²) in [5.41, 5.74) is -0.0203. The van der Waals surface area contributed by atoms with Crippen LogP contribution in [0.2, 0.25) is 0 Å². The minimum absolute atomic E-state index is 0.496. The van der Waals surface area contributed by atoms with Crippen LogP contribution in [0.4, 0.5) is 0 Å². The Kier molecular flexibility index (Phi) is 3.40. The van der Waals surface area contributed by atoms with Gasteiger partial charge in [-0.25, -0.2) is 14.8 Å². The maximum Gasteiger partial charge on any atom is 0.385 e.